The van der Waals surface area contributed by atoms with Crippen LogP contribution in [-0.2, 0) is 6.54 Å². The summed E-state index contributed by atoms with van der Waals surface area (Å²) >= 11 is 0. The molecule has 0 aliphatic heterocycles. The molecule has 0 amide bonds. The molecular weight excluding hydrogens is 150 g/mol. The van der Waals surface area contributed by atoms with Crippen molar-refractivity contribution >= 4 is 0 Å². The first-order chi connectivity index (χ1) is 5.83. The molecule has 0 aliphatic rings. The van der Waals surface area contributed by atoms with Crippen molar-refractivity contribution in [3.05, 3.63) is 18.0 Å². The molecule has 0 spiro atoms. The lowest BCUT2D eigenvalue weighted by Gasteiger charge is -2.01. The van der Waals surface area contributed by atoms with Gasteiger partial charge in [-0.2, -0.15) is 5.10 Å². The average Bonchev–Trinajstić information content (AvgIpc) is 2.45. The van der Waals surface area contributed by atoms with E-state index in [9.17, 15) is 0 Å². The third-order valence-electron chi connectivity index (χ3n) is 1.76. The summed E-state index contributed by atoms with van der Waals surface area (Å²) < 4.78 is 1.99. The zero-order valence-electron chi connectivity index (χ0n) is 7.88. The van der Waals surface area contributed by atoms with Crippen molar-refractivity contribution in [2.45, 2.75) is 26.8 Å². The molecule has 0 aromatic carbocycles. The lowest BCUT2D eigenvalue weighted by atomic mass is 10.4. The van der Waals surface area contributed by atoms with Gasteiger partial charge in [-0.3, -0.25) is 4.68 Å². The van der Waals surface area contributed by atoms with Crippen LogP contribution >= 0.6 is 0 Å². The highest BCUT2D eigenvalue weighted by molar-refractivity contribution is 4.94. The van der Waals surface area contributed by atoms with E-state index >= 15 is 0 Å². The van der Waals surface area contributed by atoms with E-state index in [1.54, 1.807) is 0 Å². The molecule has 1 aromatic rings. The quantitative estimate of drug-likeness (QED) is 0.668. The molecule has 1 N–H and O–H groups in total. The zero-order valence-corrected chi connectivity index (χ0v) is 7.88. The summed E-state index contributed by atoms with van der Waals surface area (Å²) in [7, 11) is 0. The molecule has 0 radical (unpaired) electrons. The molecule has 0 saturated heterocycles. The Morgan fingerprint density at radius 3 is 3.00 bits per heavy atom. The third-order valence-corrected chi connectivity index (χ3v) is 1.76. The molecule has 0 atom stereocenters. The van der Waals surface area contributed by atoms with E-state index in [4.69, 9.17) is 0 Å². The van der Waals surface area contributed by atoms with Crippen molar-refractivity contribution in [2.24, 2.45) is 0 Å². The smallest absolute Gasteiger partial charge is 0.0593 e. The molecule has 1 aromatic heterocycles. The normalized spacial score (nSPS) is 10.5. The van der Waals surface area contributed by atoms with Crippen LogP contribution in [0.1, 0.15) is 19.0 Å². The molecular formula is C9H17N3. The molecule has 1 heterocycles. The van der Waals surface area contributed by atoms with Gasteiger partial charge in [-0.25, -0.2) is 0 Å². The van der Waals surface area contributed by atoms with Crippen LogP contribution in [-0.4, -0.2) is 22.9 Å². The minimum atomic E-state index is 1.01. The number of aryl methyl sites for hydroxylation is 2. The van der Waals surface area contributed by atoms with Crippen LogP contribution in [0.5, 0.6) is 0 Å². The summed E-state index contributed by atoms with van der Waals surface area (Å²) in [6.45, 7) is 7.28. The highest BCUT2D eigenvalue weighted by Crippen LogP contribution is 1.93. The largest absolute Gasteiger partial charge is 0.317 e. The summed E-state index contributed by atoms with van der Waals surface area (Å²) in [5, 5.41) is 7.58. The molecule has 0 unspecified atom stereocenters. The molecule has 0 saturated carbocycles. The van der Waals surface area contributed by atoms with Crippen molar-refractivity contribution in [1.29, 1.82) is 0 Å². The molecule has 1 rings (SSSR count). The summed E-state index contributed by atoms with van der Waals surface area (Å²) in [4.78, 5) is 0. The van der Waals surface area contributed by atoms with Gasteiger partial charge >= 0.3 is 0 Å². The van der Waals surface area contributed by atoms with Crippen molar-refractivity contribution in [3.8, 4) is 0 Å². The van der Waals surface area contributed by atoms with E-state index in [1.807, 2.05) is 23.9 Å². The number of aromatic nitrogens is 2. The van der Waals surface area contributed by atoms with Gasteiger partial charge in [0.25, 0.3) is 0 Å². The summed E-state index contributed by atoms with van der Waals surface area (Å²) in [5.41, 5.74) is 1.10. The maximum absolute atomic E-state index is 4.30. The second-order valence-corrected chi connectivity index (χ2v) is 2.93. The summed E-state index contributed by atoms with van der Waals surface area (Å²) in [5.74, 6) is 0. The fraction of sp³-hybridized carbons (Fsp3) is 0.667. The van der Waals surface area contributed by atoms with Crippen LogP contribution in [0.3, 0.4) is 0 Å². The monoisotopic (exact) mass is 167 g/mol. The van der Waals surface area contributed by atoms with Gasteiger partial charge in [-0.05, 0) is 32.5 Å². The van der Waals surface area contributed by atoms with Crippen LogP contribution in [0.25, 0.3) is 0 Å². The average molecular weight is 167 g/mol. The highest BCUT2D eigenvalue weighted by atomic mass is 15.3. The molecule has 0 aliphatic carbocycles. The molecule has 12 heavy (non-hydrogen) atoms. The number of nitrogens with one attached hydrogen (secondary N) is 1. The lowest BCUT2D eigenvalue weighted by Crippen LogP contribution is -2.16. The van der Waals surface area contributed by atoms with Crippen molar-refractivity contribution < 1.29 is 0 Å². The van der Waals surface area contributed by atoms with E-state index < -0.39 is 0 Å². The van der Waals surface area contributed by atoms with E-state index in [-0.39, 0.29) is 0 Å². The number of rotatable bonds is 5. The second-order valence-electron chi connectivity index (χ2n) is 2.93. The first-order valence-electron chi connectivity index (χ1n) is 4.53. The highest BCUT2D eigenvalue weighted by Gasteiger charge is 1.92. The van der Waals surface area contributed by atoms with E-state index in [2.05, 4.69) is 17.3 Å². The van der Waals surface area contributed by atoms with Gasteiger partial charge < -0.3 is 5.32 Å². The second kappa shape index (κ2) is 4.93. The Hall–Kier alpha value is -0.830. The number of nitrogens with zero attached hydrogens (tertiary/aromatic N) is 2. The topological polar surface area (TPSA) is 29.9 Å². The van der Waals surface area contributed by atoms with E-state index in [0.717, 1.165) is 31.7 Å². The van der Waals surface area contributed by atoms with Crippen LogP contribution in [0.2, 0.25) is 0 Å². The molecule has 3 heteroatoms. The SMILES string of the molecule is CCNCCCn1ccc(C)n1. The van der Waals surface area contributed by atoms with Gasteiger partial charge in [0, 0.05) is 12.7 Å². The minimum Gasteiger partial charge on any atom is -0.317 e. The van der Waals surface area contributed by atoms with Crippen molar-refractivity contribution in [2.75, 3.05) is 13.1 Å². The number of hydrogen-bond donors (Lipinski definition) is 1. The van der Waals surface area contributed by atoms with Gasteiger partial charge in [-0.1, -0.05) is 6.92 Å². The van der Waals surface area contributed by atoms with Crippen molar-refractivity contribution in [3.63, 3.8) is 0 Å². The molecule has 0 bridgehead atoms. The summed E-state index contributed by atoms with van der Waals surface area (Å²) in [6, 6.07) is 2.03. The Morgan fingerprint density at radius 1 is 1.58 bits per heavy atom. The third kappa shape index (κ3) is 3.05. The standard InChI is InChI=1S/C9H17N3/c1-3-10-6-4-7-12-8-5-9(2)11-12/h5,8,10H,3-4,6-7H2,1-2H3. The maximum Gasteiger partial charge on any atom is 0.0593 e. The van der Waals surface area contributed by atoms with Gasteiger partial charge in [0.05, 0.1) is 5.69 Å². The Balaban J connectivity index is 2.15. The van der Waals surface area contributed by atoms with Crippen LogP contribution < -0.4 is 5.32 Å². The van der Waals surface area contributed by atoms with Gasteiger partial charge in [0.1, 0.15) is 0 Å². The molecule has 68 valence electrons. The molecule has 3 nitrogen and oxygen atoms in total. The Morgan fingerprint density at radius 2 is 2.42 bits per heavy atom. The van der Waals surface area contributed by atoms with Gasteiger partial charge in [0.2, 0.25) is 0 Å². The zero-order chi connectivity index (χ0) is 8.81. The first-order valence-corrected chi connectivity index (χ1v) is 4.53. The minimum absolute atomic E-state index is 1.01. The summed E-state index contributed by atoms with van der Waals surface area (Å²) in [6.07, 6.45) is 3.18. The Kier molecular flexibility index (Phi) is 3.80. The predicted octanol–water partition coefficient (Wildman–Crippen LogP) is 1.19. The molecule has 0 fully saturated rings. The van der Waals surface area contributed by atoms with Crippen LogP contribution in [0.4, 0.5) is 0 Å². The fourth-order valence-electron chi connectivity index (χ4n) is 1.13. The number of hydrogen-bond acceptors (Lipinski definition) is 2. The first kappa shape index (κ1) is 9.26. The predicted molar refractivity (Wildman–Crippen MR) is 50.1 cm³/mol. The van der Waals surface area contributed by atoms with E-state index in [0.29, 0.717) is 0 Å². The van der Waals surface area contributed by atoms with Crippen LogP contribution in [0, 0.1) is 6.92 Å². The lowest BCUT2D eigenvalue weighted by molar-refractivity contribution is 0.548. The Bertz CT molecular complexity index is 217. The van der Waals surface area contributed by atoms with Crippen LogP contribution in [0.15, 0.2) is 12.3 Å². The van der Waals surface area contributed by atoms with E-state index in [1.165, 1.54) is 0 Å². The maximum atomic E-state index is 4.30. The fourth-order valence-corrected chi connectivity index (χ4v) is 1.13. The van der Waals surface area contributed by atoms with Crippen molar-refractivity contribution in [1.82, 2.24) is 15.1 Å². The Labute approximate surface area is 73.8 Å². The van der Waals surface area contributed by atoms with Gasteiger partial charge in [-0.15, -0.1) is 0 Å². The van der Waals surface area contributed by atoms with Gasteiger partial charge in [0.15, 0.2) is 0 Å².